The van der Waals surface area contributed by atoms with E-state index in [2.05, 4.69) is 16.2 Å². The second-order valence-electron chi connectivity index (χ2n) is 11.4. The molecule has 0 amide bonds. The fraction of sp³-hybridized carbons (Fsp3) is 0.433. The molecule has 6 rings (SSSR count). The molecule has 9 heteroatoms. The lowest BCUT2D eigenvalue weighted by molar-refractivity contribution is -0.137. The van der Waals surface area contributed by atoms with E-state index < -0.39 is 17.7 Å². The van der Waals surface area contributed by atoms with Crippen molar-refractivity contribution in [3.8, 4) is 17.0 Å². The van der Waals surface area contributed by atoms with Crippen LogP contribution in [0.15, 0.2) is 47.1 Å². The van der Waals surface area contributed by atoms with Crippen molar-refractivity contribution in [2.45, 2.75) is 57.5 Å². The molecule has 1 spiro atoms. The first kappa shape index (κ1) is 25.6. The number of ether oxygens (including phenoxy) is 1. The fourth-order valence-electron chi connectivity index (χ4n) is 6.34. The van der Waals surface area contributed by atoms with E-state index in [-0.39, 0.29) is 22.9 Å². The summed E-state index contributed by atoms with van der Waals surface area (Å²) < 4.78 is 52.5. The summed E-state index contributed by atoms with van der Waals surface area (Å²) in [4.78, 5) is 15.1. The molecule has 2 heterocycles. The molecular formula is C30H29F3N2O4. The van der Waals surface area contributed by atoms with E-state index in [1.54, 1.807) is 19.1 Å². The van der Waals surface area contributed by atoms with Gasteiger partial charge in [0.1, 0.15) is 17.2 Å². The number of benzene rings is 1. The monoisotopic (exact) mass is 538 g/mol. The van der Waals surface area contributed by atoms with Crippen molar-refractivity contribution in [1.29, 1.82) is 0 Å². The third kappa shape index (κ3) is 5.06. The maximum Gasteiger partial charge on any atom is 0.417 e. The van der Waals surface area contributed by atoms with Gasteiger partial charge in [0.2, 0.25) is 0 Å². The molecule has 1 aromatic carbocycles. The van der Waals surface area contributed by atoms with Crippen LogP contribution in [0.2, 0.25) is 0 Å². The van der Waals surface area contributed by atoms with Crippen LogP contribution in [0, 0.1) is 24.2 Å². The molecule has 3 saturated carbocycles. The number of carboxylic acid groups (broad SMARTS) is 1. The van der Waals surface area contributed by atoms with Gasteiger partial charge >= 0.3 is 12.1 Å². The number of halogens is 3. The minimum absolute atomic E-state index is 0.0330. The molecule has 0 bridgehead atoms. The molecule has 204 valence electrons. The number of hydrogen-bond acceptors (Lipinski definition) is 5. The molecule has 3 aliphatic carbocycles. The van der Waals surface area contributed by atoms with Gasteiger partial charge in [-0.1, -0.05) is 35.5 Å². The quantitative estimate of drug-likeness (QED) is 0.319. The first-order chi connectivity index (χ1) is 18.6. The Morgan fingerprint density at radius 1 is 1.21 bits per heavy atom. The van der Waals surface area contributed by atoms with Crippen LogP contribution in [0.4, 0.5) is 13.2 Å². The van der Waals surface area contributed by atoms with Gasteiger partial charge in [-0.25, -0.2) is 9.78 Å². The normalized spacial score (nSPS) is 24.5. The summed E-state index contributed by atoms with van der Waals surface area (Å²) in [5, 5.41) is 13.2. The van der Waals surface area contributed by atoms with E-state index in [1.165, 1.54) is 18.3 Å². The van der Waals surface area contributed by atoms with Crippen molar-refractivity contribution in [2.75, 3.05) is 6.61 Å². The summed E-state index contributed by atoms with van der Waals surface area (Å²) in [6, 6.07) is 7.24. The largest absolute Gasteiger partial charge is 0.492 e. The molecule has 2 aromatic heterocycles. The SMILES string of the molecule is Cc1cc(OCC2CC3(CC(C=Cc4c(-c5ccccc5C(F)(F)F)noc4C4CC4)C3)C2)cnc1C(=O)O. The highest BCUT2D eigenvalue weighted by atomic mass is 19.4. The highest BCUT2D eigenvalue weighted by Gasteiger charge is 2.52. The van der Waals surface area contributed by atoms with E-state index in [4.69, 9.17) is 14.4 Å². The Hall–Kier alpha value is -3.62. The highest BCUT2D eigenvalue weighted by Crippen LogP contribution is 2.61. The van der Waals surface area contributed by atoms with Gasteiger partial charge in [0.25, 0.3) is 0 Å². The average molecular weight is 539 g/mol. The number of aryl methyl sites for hydroxylation is 1. The summed E-state index contributed by atoms with van der Waals surface area (Å²) in [5.74, 6) is 1.26. The van der Waals surface area contributed by atoms with Gasteiger partial charge in [0.05, 0.1) is 18.4 Å². The van der Waals surface area contributed by atoms with E-state index >= 15 is 0 Å². The summed E-state index contributed by atoms with van der Waals surface area (Å²) in [5.41, 5.74) is 1.20. The first-order valence-electron chi connectivity index (χ1n) is 13.3. The number of carbonyl (C=O) groups is 1. The van der Waals surface area contributed by atoms with Crippen LogP contribution in [0.3, 0.4) is 0 Å². The van der Waals surface area contributed by atoms with Crippen LogP contribution in [0.1, 0.15) is 77.4 Å². The molecule has 3 aliphatic rings. The summed E-state index contributed by atoms with van der Waals surface area (Å²) >= 11 is 0. The van der Waals surface area contributed by atoms with E-state index in [0.29, 0.717) is 46.5 Å². The number of pyridine rings is 1. The maximum absolute atomic E-state index is 13.7. The standard InChI is InChI=1S/C30H29F3N2O4/c1-17-10-21(15-34-25(17)28(36)37)38-16-19-13-29(14-19)11-18(12-29)6-9-23-26(35-39-27(23)20-7-8-20)22-4-2-3-5-24(22)30(31,32)33/h2-6,9-10,15,18-20H,7-8,11-14,16H2,1H3,(H,36,37). The van der Waals surface area contributed by atoms with Crippen molar-refractivity contribution in [3.63, 3.8) is 0 Å². The van der Waals surface area contributed by atoms with Crippen molar-refractivity contribution in [3.05, 3.63) is 70.7 Å². The summed E-state index contributed by atoms with van der Waals surface area (Å²) in [7, 11) is 0. The number of aromatic nitrogens is 2. The minimum atomic E-state index is -4.47. The molecule has 0 unspecified atom stereocenters. The number of aromatic carboxylic acids is 1. The van der Waals surface area contributed by atoms with Crippen molar-refractivity contribution < 1.29 is 32.3 Å². The minimum Gasteiger partial charge on any atom is -0.492 e. The van der Waals surface area contributed by atoms with Crippen molar-refractivity contribution >= 4 is 12.0 Å². The zero-order chi connectivity index (χ0) is 27.4. The van der Waals surface area contributed by atoms with E-state index in [0.717, 1.165) is 44.6 Å². The number of alkyl halides is 3. The third-order valence-electron chi connectivity index (χ3n) is 8.30. The van der Waals surface area contributed by atoms with Gasteiger partial charge in [-0.3, -0.25) is 0 Å². The van der Waals surface area contributed by atoms with Gasteiger partial charge in [-0.15, -0.1) is 0 Å². The Kier molecular flexibility index (Phi) is 6.27. The Morgan fingerprint density at radius 3 is 2.62 bits per heavy atom. The number of nitrogens with zero attached hydrogens (tertiary/aromatic N) is 2. The summed E-state index contributed by atoms with van der Waals surface area (Å²) in [6.45, 7) is 2.28. The highest BCUT2D eigenvalue weighted by molar-refractivity contribution is 5.87. The lowest BCUT2D eigenvalue weighted by Crippen LogP contribution is -2.48. The van der Waals surface area contributed by atoms with Crippen molar-refractivity contribution in [2.24, 2.45) is 17.3 Å². The average Bonchev–Trinajstić information content (AvgIpc) is 3.60. The Labute approximate surface area is 223 Å². The molecule has 3 aromatic rings. The Balaban J connectivity index is 1.07. The smallest absolute Gasteiger partial charge is 0.417 e. The molecule has 1 N–H and O–H groups in total. The van der Waals surface area contributed by atoms with Crippen LogP contribution in [0.5, 0.6) is 5.75 Å². The van der Waals surface area contributed by atoms with Crippen LogP contribution < -0.4 is 4.74 Å². The van der Waals surface area contributed by atoms with Crippen LogP contribution in [-0.4, -0.2) is 27.8 Å². The second-order valence-corrected chi connectivity index (χ2v) is 11.4. The third-order valence-corrected chi connectivity index (χ3v) is 8.30. The Morgan fingerprint density at radius 2 is 1.95 bits per heavy atom. The van der Waals surface area contributed by atoms with Gasteiger partial charge < -0.3 is 14.4 Å². The topological polar surface area (TPSA) is 85.5 Å². The number of carboxylic acids is 1. The lowest BCUT2D eigenvalue weighted by Gasteiger charge is -2.57. The van der Waals surface area contributed by atoms with E-state index in [1.807, 2.05) is 6.08 Å². The molecule has 3 fully saturated rings. The molecule has 0 atom stereocenters. The molecule has 0 saturated heterocycles. The first-order valence-corrected chi connectivity index (χ1v) is 13.3. The molecular weight excluding hydrogens is 509 g/mol. The maximum atomic E-state index is 13.7. The molecule has 39 heavy (non-hydrogen) atoms. The number of allylic oxidation sites excluding steroid dienone is 1. The zero-order valence-corrected chi connectivity index (χ0v) is 21.5. The van der Waals surface area contributed by atoms with Crippen molar-refractivity contribution in [1.82, 2.24) is 10.1 Å². The van der Waals surface area contributed by atoms with E-state index in [9.17, 15) is 18.0 Å². The van der Waals surface area contributed by atoms with Gasteiger partial charge in [0.15, 0.2) is 5.69 Å². The number of hydrogen-bond donors (Lipinski definition) is 1. The molecule has 0 radical (unpaired) electrons. The van der Waals surface area contributed by atoms with Crippen LogP contribution in [0.25, 0.3) is 17.3 Å². The predicted molar refractivity (Wildman–Crippen MR) is 137 cm³/mol. The number of rotatable bonds is 8. The molecule has 6 nitrogen and oxygen atoms in total. The predicted octanol–water partition coefficient (Wildman–Crippen LogP) is 7.54. The second kappa shape index (κ2) is 9.54. The van der Waals surface area contributed by atoms with Gasteiger partial charge in [-0.2, -0.15) is 13.2 Å². The van der Waals surface area contributed by atoms with Crippen LogP contribution >= 0.6 is 0 Å². The van der Waals surface area contributed by atoms with Crippen LogP contribution in [-0.2, 0) is 6.18 Å². The molecule has 0 aliphatic heterocycles. The fourth-order valence-corrected chi connectivity index (χ4v) is 6.34. The Bertz CT molecular complexity index is 1430. The zero-order valence-electron chi connectivity index (χ0n) is 21.5. The van der Waals surface area contributed by atoms with Gasteiger partial charge in [-0.05, 0) is 80.4 Å². The van der Waals surface area contributed by atoms with Gasteiger partial charge in [0, 0.05) is 17.0 Å². The summed E-state index contributed by atoms with van der Waals surface area (Å²) in [6.07, 6.45) is 7.19. The lowest BCUT2D eigenvalue weighted by atomic mass is 9.48.